The molecule has 7 nitrogen and oxygen atoms in total. The van der Waals surface area contributed by atoms with Crippen LogP contribution in [0.3, 0.4) is 0 Å². The summed E-state index contributed by atoms with van der Waals surface area (Å²) in [7, 11) is 0. The van der Waals surface area contributed by atoms with E-state index in [1.54, 1.807) is 29.5 Å². The maximum absolute atomic E-state index is 12.6. The quantitative estimate of drug-likeness (QED) is 0.631. The fourth-order valence-corrected chi connectivity index (χ4v) is 4.19. The first-order valence-electron chi connectivity index (χ1n) is 10.9. The minimum atomic E-state index is -0.212. The lowest BCUT2D eigenvalue weighted by Gasteiger charge is -2.26. The summed E-state index contributed by atoms with van der Waals surface area (Å²) < 4.78 is 11.4. The molecular formula is C23H31N3O4S. The number of hydrogen-bond acceptors (Lipinski definition) is 6. The summed E-state index contributed by atoms with van der Waals surface area (Å²) in [6, 6.07) is 5.02. The minimum Gasteiger partial charge on any atom is -0.490 e. The van der Waals surface area contributed by atoms with Crippen LogP contribution in [0.2, 0.25) is 0 Å². The molecule has 1 aliphatic rings. The second-order valence-corrected chi connectivity index (χ2v) is 8.73. The molecule has 31 heavy (non-hydrogen) atoms. The van der Waals surface area contributed by atoms with Gasteiger partial charge in [0.1, 0.15) is 0 Å². The number of ether oxygens (including phenoxy) is 2. The third-order valence-corrected chi connectivity index (χ3v) is 6.25. The lowest BCUT2D eigenvalue weighted by molar-refractivity contribution is -0.134. The molecule has 3 rings (SSSR count). The van der Waals surface area contributed by atoms with Gasteiger partial charge < -0.3 is 19.7 Å². The van der Waals surface area contributed by atoms with E-state index >= 15 is 0 Å². The number of carbonyl (C=O) groups excluding carboxylic acids is 2. The normalized spacial score (nSPS) is 13.9. The molecule has 0 unspecified atom stereocenters. The zero-order chi connectivity index (χ0) is 22.2. The Morgan fingerprint density at radius 1 is 1.16 bits per heavy atom. The Kier molecular flexibility index (Phi) is 8.28. The van der Waals surface area contributed by atoms with E-state index in [0.717, 1.165) is 36.6 Å². The highest BCUT2D eigenvalue weighted by Crippen LogP contribution is 2.29. The van der Waals surface area contributed by atoms with E-state index in [9.17, 15) is 9.59 Å². The Morgan fingerprint density at radius 2 is 1.94 bits per heavy atom. The van der Waals surface area contributed by atoms with E-state index in [4.69, 9.17) is 9.47 Å². The van der Waals surface area contributed by atoms with Gasteiger partial charge in [0.15, 0.2) is 18.1 Å². The van der Waals surface area contributed by atoms with E-state index in [2.05, 4.69) is 24.1 Å². The highest BCUT2D eigenvalue weighted by Gasteiger charge is 2.18. The molecule has 0 atom stereocenters. The SMILES string of the molecule is CCOc1cc(C(=O)NCc2csc(C(C)C)n2)ccc1OCC(=O)N1CCCCC1. The summed E-state index contributed by atoms with van der Waals surface area (Å²) in [4.78, 5) is 31.4. The monoisotopic (exact) mass is 445 g/mol. The number of piperidine rings is 1. The summed E-state index contributed by atoms with van der Waals surface area (Å²) in [5, 5.41) is 5.93. The summed E-state index contributed by atoms with van der Waals surface area (Å²) in [5.41, 5.74) is 1.32. The van der Waals surface area contributed by atoms with Gasteiger partial charge in [-0.15, -0.1) is 11.3 Å². The van der Waals surface area contributed by atoms with Crippen LogP contribution in [0.5, 0.6) is 11.5 Å². The summed E-state index contributed by atoms with van der Waals surface area (Å²) in [5.74, 6) is 1.06. The lowest BCUT2D eigenvalue weighted by Crippen LogP contribution is -2.38. The molecule has 2 amide bonds. The Balaban J connectivity index is 1.60. The summed E-state index contributed by atoms with van der Waals surface area (Å²) in [6.07, 6.45) is 3.25. The Labute approximate surface area is 187 Å². The van der Waals surface area contributed by atoms with Crippen molar-refractivity contribution in [2.45, 2.75) is 52.5 Å². The van der Waals surface area contributed by atoms with Crippen LogP contribution >= 0.6 is 11.3 Å². The van der Waals surface area contributed by atoms with Crippen LogP contribution in [-0.4, -0.2) is 48.0 Å². The number of carbonyl (C=O) groups is 2. The van der Waals surface area contributed by atoms with Crippen molar-refractivity contribution in [2.24, 2.45) is 0 Å². The van der Waals surface area contributed by atoms with Crippen LogP contribution in [0.15, 0.2) is 23.6 Å². The van der Waals surface area contributed by atoms with Gasteiger partial charge in [0.05, 0.1) is 23.9 Å². The maximum atomic E-state index is 12.6. The topological polar surface area (TPSA) is 80.8 Å². The first-order valence-corrected chi connectivity index (χ1v) is 11.8. The van der Waals surface area contributed by atoms with Gasteiger partial charge in [0.2, 0.25) is 0 Å². The van der Waals surface area contributed by atoms with Crippen molar-refractivity contribution in [2.75, 3.05) is 26.3 Å². The van der Waals surface area contributed by atoms with Crippen molar-refractivity contribution in [1.29, 1.82) is 0 Å². The van der Waals surface area contributed by atoms with Gasteiger partial charge in [-0.05, 0) is 44.4 Å². The van der Waals surface area contributed by atoms with Crippen molar-refractivity contribution in [3.05, 3.63) is 39.8 Å². The van der Waals surface area contributed by atoms with Crippen LogP contribution < -0.4 is 14.8 Å². The van der Waals surface area contributed by atoms with E-state index < -0.39 is 0 Å². The number of aromatic nitrogens is 1. The Bertz CT molecular complexity index is 891. The molecule has 1 aromatic carbocycles. The van der Waals surface area contributed by atoms with E-state index in [1.165, 1.54) is 6.42 Å². The Hall–Kier alpha value is -2.61. The largest absolute Gasteiger partial charge is 0.490 e. The molecule has 2 heterocycles. The number of rotatable bonds is 9. The predicted octanol–water partition coefficient (Wildman–Crippen LogP) is 3.99. The van der Waals surface area contributed by atoms with E-state index in [-0.39, 0.29) is 18.4 Å². The summed E-state index contributed by atoms with van der Waals surface area (Å²) in [6.45, 7) is 8.40. The minimum absolute atomic E-state index is 0.0204. The maximum Gasteiger partial charge on any atom is 0.260 e. The summed E-state index contributed by atoms with van der Waals surface area (Å²) >= 11 is 1.60. The molecule has 1 aliphatic heterocycles. The number of nitrogens with zero attached hydrogens (tertiary/aromatic N) is 2. The van der Waals surface area contributed by atoms with E-state index in [0.29, 0.717) is 36.1 Å². The zero-order valence-corrected chi connectivity index (χ0v) is 19.3. The average molecular weight is 446 g/mol. The lowest BCUT2D eigenvalue weighted by atomic mass is 10.1. The number of thiazole rings is 1. The third-order valence-electron chi connectivity index (χ3n) is 5.06. The molecule has 0 aliphatic carbocycles. The molecular weight excluding hydrogens is 414 g/mol. The van der Waals surface area contributed by atoms with Crippen LogP contribution in [-0.2, 0) is 11.3 Å². The van der Waals surface area contributed by atoms with Crippen LogP contribution in [0.25, 0.3) is 0 Å². The van der Waals surface area contributed by atoms with Gasteiger partial charge >= 0.3 is 0 Å². The van der Waals surface area contributed by atoms with Crippen molar-refractivity contribution in [3.63, 3.8) is 0 Å². The van der Waals surface area contributed by atoms with E-state index in [1.807, 2.05) is 17.2 Å². The first kappa shape index (κ1) is 23.1. The highest BCUT2D eigenvalue weighted by molar-refractivity contribution is 7.09. The Morgan fingerprint density at radius 3 is 2.61 bits per heavy atom. The van der Waals surface area contributed by atoms with Gasteiger partial charge in [-0.25, -0.2) is 4.98 Å². The van der Waals surface area contributed by atoms with Crippen LogP contribution in [0.4, 0.5) is 0 Å². The molecule has 1 saturated heterocycles. The van der Waals surface area contributed by atoms with Crippen molar-refractivity contribution < 1.29 is 19.1 Å². The smallest absolute Gasteiger partial charge is 0.260 e. The van der Waals surface area contributed by atoms with Crippen molar-refractivity contribution in [1.82, 2.24) is 15.2 Å². The van der Waals surface area contributed by atoms with Gasteiger partial charge in [-0.2, -0.15) is 0 Å². The average Bonchev–Trinajstić information content (AvgIpc) is 3.26. The fourth-order valence-electron chi connectivity index (χ4n) is 3.35. The molecule has 1 fully saturated rings. The molecule has 1 N–H and O–H groups in total. The molecule has 1 aromatic heterocycles. The second-order valence-electron chi connectivity index (χ2n) is 7.84. The highest BCUT2D eigenvalue weighted by atomic mass is 32.1. The van der Waals surface area contributed by atoms with Gasteiger partial charge in [-0.3, -0.25) is 9.59 Å². The number of hydrogen-bond donors (Lipinski definition) is 1. The molecule has 0 spiro atoms. The number of likely N-dealkylation sites (tertiary alicyclic amines) is 1. The molecule has 0 saturated carbocycles. The molecule has 0 bridgehead atoms. The number of benzene rings is 1. The van der Waals surface area contributed by atoms with Crippen LogP contribution in [0, 0.1) is 0 Å². The van der Waals surface area contributed by atoms with Crippen molar-refractivity contribution >= 4 is 23.2 Å². The number of nitrogens with one attached hydrogen (secondary N) is 1. The second kappa shape index (κ2) is 11.1. The third kappa shape index (κ3) is 6.43. The standard InChI is InChI=1S/C23H31N3O4S/c1-4-29-20-12-17(22(28)24-13-18-15-31-23(25-18)16(2)3)8-9-19(20)30-14-21(27)26-10-6-5-7-11-26/h8-9,12,15-16H,4-7,10-11,13-14H2,1-3H3,(H,24,28). The van der Waals surface area contributed by atoms with Gasteiger partial charge in [-0.1, -0.05) is 13.8 Å². The van der Waals surface area contributed by atoms with Crippen LogP contribution in [0.1, 0.15) is 67.0 Å². The number of amides is 2. The van der Waals surface area contributed by atoms with Crippen molar-refractivity contribution in [3.8, 4) is 11.5 Å². The zero-order valence-electron chi connectivity index (χ0n) is 18.5. The van der Waals surface area contributed by atoms with Gasteiger partial charge in [0, 0.05) is 30.0 Å². The molecule has 8 heteroatoms. The van der Waals surface area contributed by atoms with Gasteiger partial charge in [0.25, 0.3) is 11.8 Å². The first-order chi connectivity index (χ1) is 15.0. The molecule has 168 valence electrons. The predicted molar refractivity (Wildman–Crippen MR) is 121 cm³/mol. The fraction of sp³-hybridized carbons (Fsp3) is 0.522. The molecule has 2 aromatic rings. The molecule has 0 radical (unpaired) electrons.